The van der Waals surface area contributed by atoms with Crippen LogP contribution in [0.15, 0.2) is 48.8 Å². The Balaban J connectivity index is 1.78. The highest BCUT2D eigenvalue weighted by Gasteiger charge is 2.27. The minimum atomic E-state index is -0.393. The molecule has 4 aromatic rings. The molecule has 3 heterocycles. The molecule has 1 fully saturated rings. The number of rotatable bonds is 3. The molecular formula is C23H18ClFN6. The maximum Gasteiger partial charge on any atom is 0.151 e. The molecule has 2 aromatic carbocycles. The molecule has 1 aliphatic heterocycles. The summed E-state index contributed by atoms with van der Waals surface area (Å²) in [6, 6.07) is 12.4. The number of pyridine rings is 1. The average molecular weight is 433 g/mol. The molecule has 0 amide bonds. The van der Waals surface area contributed by atoms with Gasteiger partial charge in [0.1, 0.15) is 17.4 Å². The third-order valence-corrected chi connectivity index (χ3v) is 5.91. The number of hydrogen-bond donors (Lipinski definition) is 2. The average Bonchev–Trinajstić information content (AvgIpc) is 3.40. The lowest BCUT2D eigenvalue weighted by molar-refractivity contribution is 0.637. The fourth-order valence-corrected chi connectivity index (χ4v) is 4.36. The van der Waals surface area contributed by atoms with Crippen LogP contribution in [0, 0.1) is 17.1 Å². The molecule has 0 unspecified atom stereocenters. The van der Waals surface area contributed by atoms with Crippen LogP contribution in [0.3, 0.4) is 0 Å². The Kier molecular flexibility index (Phi) is 4.81. The number of fused-ring (bicyclic) bond motifs is 1. The highest BCUT2D eigenvalue weighted by molar-refractivity contribution is 6.32. The number of hydrogen-bond acceptors (Lipinski definition) is 5. The van der Waals surface area contributed by atoms with Crippen LogP contribution in [0.5, 0.6) is 0 Å². The Hall–Kier alpha value is -3.47. The first-order valence-electron chi connectivity index (χ1n) is 9.89. The molecule has 1 saturated heterocycles. The van der Waals surface area contributed by atoms with Crippen molar-refractivity contribution in [3.05, 3.63) is 65.2 Å². The molecule has 0 spiro atoms. The number of para-hydroxylation sites is 1. The lowest BCUT2D eigenvalue weighted by Crippen LogP contribution is -2.27. The number of aromatic nitrogens is 3. The highest BCUT2D eigenvalue weighted by atomic mass is 35.5. The summed E-state index contributed by atoms with van der Waals surface area (Å²) >= 11 is 6.31. The summed E-state index contributed by atoms with van der Waals surface area (Å²) in [5.41, 5.74) is 10.4. The third kappa shape index (κ3) is 3.30. The zero-order chi connectivity index (χ0) is 21.5. The van der Waals surface area contributed by atoms with Crippen molar-refractivity contribution in [2.75, 3.05) is 18.0 Å². The molecule has 0 saturated carbocycles. The molecule has 6 nitrogen and oxygen atoms in total. The van der Waals surface area contributed by atoms with Gasteiger partial charge in [0.25, 0.3) is 0 Å². The minimum absolute atomic E-state index is 0.0387. The Bertz CT molecular complexity index is 1340. The van der Waals surface area contributed by atoms with E-state index in [0.717, 1.165) is 24.2 Å². The topological polar surface area (TPSA) is 94.6 Å². The maximum atomic E-state index is 14.3. The largest absolute Gasteiger partial charge is 0.369 e. The van der Waals surface area contributed by atoms with Crippen molar-refractivity contribution in [1.82, 2.24) is 15.0 Å². The molecule has 0 bridgehead atoms. The predicted octanol–water partition coefficient (Wildman–Crippen LogP) is 4.49. The summed E-state index contributed by atoms with van der Waals surface area (Å²) in [4.78, 5) is 14.3. The van der Waals surface area contributed by atoms with Crippen LogP contribution in [0.2, 0.25) is 5.02 Å². The predicted molar refractivity (Wildman–Crippen MR) is 119 cm³/mol. The fraction of sp³-hybridized carbons (Fsp3) is 0.174. The first-order chi connectivity index (χ1) is 15.1. The van der Waals surface area contributed by atoms with Crippen molar-refractivity contribution in [2.24, 2.45) is 5.73 Å². The molecule has 1 aliphatic rings. The molecule has 1 atom stereocenters. The number of nitrogens with one attached hydrogen (secondary N) is 1. The second-order valence-corrected chi connectivity index (χ2v) is 7.98. The normalized spacial score (nSPS) is 16.1. The van der Waals surface area contributed by atoms with Gasteiger partial charge in [-0.3, -0.25) is 4.98 Å². The van der Waals surface area contributed by atoms with E-state index in [9.17, 15) is 9.65 Å². The van der Waals surface area contributed by atoms with E-state index < -0.39 is 5.82 Å². The van der Waals surface area contributed by atoms with Gasteiger partial charge in [-0.25, -0.2) is 9.37 Å². The minimum Gasteiger partial charge on any atom is -0.369 e. The summed E-state index contributed by atoms with van der Waals surface area (Å²) < 4.78 is 14.3. The third-order valence-electron chi connectivity index (χ3n) is 5.59. The van der Waals surface area contributed by atoms with E-state index in [1.807, 2.05) is 6.07 Å². The molecule has 0 radical (unpaired) electrons. The quantitative estimate of drug-likeness (QED) is 0.497. The van der Waals surface area contributed by atoms with Crippen molar-refractivity contribution in [2.45, 2.75) is 12.5 Å². The van der Waals surface area contributed by atoms with Crippen molar-refractivity contribution < 1.29 is 4.39 Å². The monoisotopic (exact) mass is 432 g/mol. The van der Waals surface area contributed by atoms with Crippen LogP contribution in [-0.2, 0) is 0 Å². The number of nitrogens with two attached hydrogens (primary N) is 1. The summed E-state index contributed by atoms with van der Waals surface area (Å²) in [5, 5.41) is 10.1. The molecule has 5 rings (SSSR count). The number of nitriles is 1. The maximum absolute atomic E-state index is 14.3. The van der Waals surface area contributed by atoms with E-state index in [-0.39, 0.29) is 11.6 Å². The number of benzene rings is 2. The van der Waals surface area contributed by atoms with Crippen molar-refractivity contribution >= 4 is 28.3 Å². The van der Waals surface area contributed by atoms with Gasteiger partial charge in [0.05, 0.1) is 27.4 Å². The Labute approximate surface area is 183 Å². The van der Waals surface area contributed by atoms with Gasteiger partial charge in [-0.2, -0.15) is 5.26 Å². The summed E-state index contributed by atoms with van der Waals surface area (Å²) in [7, 11) is 0. The first-order valence-corrected chi connectivity index (χ1v) is 10.3. The molecule has 31 heavy (non-hydrogen) atoms. The van der Waals surface area contributed by atoms with E-state index in [1.165, 1.54) is 6.07 Å². The van der Waals surface area contributed by atoms with Crippen molar-refractivity contribution in [3.8, 4) is 28.6 Å². The zero-order valence-electron chi connectivity index (χ0n) is 16.4. The number of anilines is 1. The second-order valence-electron chi connectivity index (χ2n) is 7.57. The van der Waals surface area contributed by atoms with E-state index in [4.69, 9.17) is 17.3 Å². The van der Waals surface area contributed by atoms with Gasteiger partial charge in [-0.15, -0.1) is 0 Å². The van der Waals surface area contributed by atoms with Crippen LogP contribution in [0.1, 0.15) is 12.0 Å². The Morgan fingerprint density at radius 1 is 1.16 bits per heavy atom. The molecule has 8 heteroatoms. The smallest absolute Gasteiger partial charge is 0.151 e. The summed E-state index contributed by atoms with van der Waals surface area (Å²) in [6.07, 6.45) is 4.27. The molecule has 0 aliphatic carbocycles. The lowest BCUT2D eigenvalue weighted by atomic mass is 9.97. The van der Waals surface area contributed by atoms with E-state index in [2.05, 4.69) is 25.9 Å². The van der Waals surface area contributed by atoms with Crippen LogP contribution in [-0.4, -0.2) is 34.1 Å². The van der Waals surface area contributed by atoms with E-state index in [1.54, 1.807) is 36.7 Å². The number of H-pyrrole nitrogens is 1. The number of halogens is 2. The van der Waals surface area contributed by atoms with Gasteiger partial charge in [-0.05, 0) is 24.6 Å². The highest BCUT2D eigenvalue weighted by Crippen LogP contribution is 2.41. The first kappa shape index (κ1) is 19.5. The van der Waals surface area contributed by atoms with Gasteiger partial charge >= 0.3 is 0 Å². The van der Waals surface area contributed by atoms with Gasteiger partial charge in [0, 0.05) is 42.7 Å². The lowest BCUT2D eigenvalue weighted by Gasteiger charge is -2.24. The number of imidazole rings is 1. The SMILES string of the molecule is N#Cc1c(Cl)cccc1-c1cncc(-c2nc3c(F)cccc3[nH]2)c1N1CC[C@H](N)C1. The van der Waals surface area contributed by atoms with Gasteiger partial charge in [-0.1, -0.05) is 29.8 Å². The van der Waals surface area contributed by atoms with Gasteiger partial charge in [0.15, 0.2) is 5.82 Å². The fourth-order valence-electron chi connectivity index (χ4n) is 4.14. The number of aromatic amines is 1. The molecular weight excluding hydrogens is 415 g/mol. The van der Waals surface area contributed by atoms with E-state index >= 15 is 0 Å². The van der Waals surface area contributed by atoms with Crippen LogP contribution in [0.4, 0.5) is 10.1 Å². The van der Waals surface area contributed by atoms with Crippen LogP contribution >= 0.6 is 11.6 Å². The summed E-state index contributed by atoms with van der Waals surface area (Å²) in [6.45, 7) is 1.41. The zero-order valence-corrected chi connectivity index (χ0v) is 17.2. The molecule has 154 valence electrons. The Morgan fingerprint density at radius 2 is 1.97 bits per heavy atom. The summed E-state index contributed by atoms with van der Waals surface area (Å²) in [5.74, 6) is 0.112. The van der Waals surface area contributed by atoms with Crippen LogP contribution < -0.4 is 10.6 Å². The van der Waals surface area contributed by atoms with Gasteiger partial charge < -0.3 is 15.6 Å². The van der Waals surface area contributed by atoms with Crippen molar-refractivity contribution in [1.29, 1.82) is 5.26 Å². The van der Waals surface area contributed by atoms with E-state index in [0.29, 0.717) is 39.6 Å². The van der Waals surface area contributed by atoms with Gasteiger partial charge in [0.2, 0.25) is 0 Å². The van der Waals surface area contributed by atoms with Crippen molar-refractivity contribution in [3.63, 3.8) is 0 Å². The Morgan fingerprint density at radius 3 is 2.71 bits per heavy atom. The number of nitrogens with zero attached hydrogens (tertiary/aromatic N) is 4. The molecule has 3 N–H and O–H groups in total. The van der Waals surface area contributed by atoms with Crippen LogP contribution in [0.25, 0.3) is 33.5 Å². The second kappa shape index (κ2) is 7.65. The standard InChI is InChI=1S/C23H18ClFN6/c24-18-4-1-3-14(15(18)9-26)16-10-28-11-17(22(16)31-8-7-13(27)12-31)23-29-20-6-2-5-19(25)21(20)30-23/h1-6,10-11,13H,7-8,12,27H2,(H,29,30)/t13-/m0/s1. The molecule has 2 aromatic heterocycles.